The van der Waals surface area contributed by atoms with E-state index in [1.54, 1.807) is 0 Å². The van der Waals surface area contributed by atoms with Crippen LogP contribution in [0, 0.1) is 5.82 Å². The predicted molar refractivity (Wildman–Crippen MR) is 57.3 cm³/mol. The number of imide groups is 1. The molecule has 1 aliphatic heterocycles. The van der Waals surface area contributed by atoms with Gasteiger partial charge < -0.3 is 4.84 Å². The molecule has 1 aliphatic rings. The maximum absolute atomic E-state index is 12.6. The van der Waals surface area contributed by atoms with Gasteiger partial charge in [0.05, 0.1) is 6.42 Å². The Morgan fingerprint density at radius 3 is 2.28 bits per heavy atom. The van der Waals surface area contributed by atoms with Gasteiger partial charge in [-0.25, -0.2) is 9.18 Å². The van der Waals surface area contributed by atoms with Crippen molar-refractivity contribution < 1.29 is 23.6 Å². The lowest BCUT2D eigenvalue weighted by Crippen LogP contribution is -2.32. The van der Waals surface area contributed by atoms with Crippen LogP contribution in [0.2, 0.25) is 0 Å². The Morgan fingerprint density at radius 2 is 1.72 bits per heavy atom. The number of halogens is 1. The molecular formula is C12H10FNO4. The second-order valence-corrected chi connectivity index (χ2v) is 3.85. The lowest BCUT2D eigenvalue weighted by Gasteiger charge is -2.12. The van der Waals surface area contributed by atoms with Crippen molar-refractivity contribution in [2.75, 3.05) is 0 Å². The van der Waals surface area contributed by atoms with Crippen molar-refractivity contribution >= 4 is 17.8 Å². The molecule has 2 amide bonds. The number of carbonyl (C=O) groups excluding carboxylic acids is 3. The van der Waals surface area contributed by atoms with Crippen molar-refractivity contribution in [2.45, 2.75) is 19.3 Å². The van der Waals surface area contributed by atoms with Gasteiger partial charge in [0, 0.05) is 12.8 Å². The fourth-order valence-corrected chi connectivity index (χ4v) is 1.56. The summed E-state index contributed by atoms with van der Waals surface area (Å²) in [6, 6.07) is 5.30. The average molecular weight is 251 g/mol. The van der Waals surface area contributed by atoms with Gasteiger partial charge in [0.15, 0.2) is 0 Å². The third-order valence-corrected chi connectivity index (χ3v) is 2.46. The number of benzene rings is 1. The lowest BCUT2D eigenvalue weighted by atomic mass is 10.1. The van der Waals surface area contributed by atoms with Crippen LogP contribution in [0.15, 0.2) is 24.3 Å². The van der Waals surface area contributed by atoms with Crippen LogP contribution in [0.4, 0.5) is 4.39 Å². The van der Waals surface area contributed by atoms with E-state index in [1.165, 1.54) is 24.3 Å². The second kappa shape index (κ2) is 4.95. The lowest BCUT2D eigenvalue weighted by molar-refractivity contribution is -0.197. The van der Waals surface area contributed by atoms with E-state index < -0.39 is 23.6 Å². The number of amides is 2. The molecule has 1 aromatic rings. The van der Waals surface area contributed by atoms with Gasteiger partial charge in [0.25, 0.3) is 11.8 Å². The Bertz CT molecular complexity index is 481. The number of carbonyl (C=O) groups is 3. The first-order chi connectivity index (χ1) is 8.56. The molecule has 1 aromatic carbocycles. The molecule has 0 N–H and O–H groups in total. The van der Waals surface area contributed by atoms with E-state index in [0.29, 0.717) is 10.6 Å². The van der Waals surface area contributed by atoms with E-state index >= 15 is 0 Å². The summed E-state index contributed by atoms with van der Waals surface area (Å²) in [5.74, 6) is -2.18. The van der Waals surface area contributed by atoms with E-state index in [1.807, 2.05) is 0 Å². The van der Waals surface area contributed by atoms with Gasteiger partial charge in [-0.1, -0.05) is 12.1 Å². The first-order valence-corrected chi connectivity index (χ1v) is 5.37. The number of nitrogens with zero attached hydrogens (tertiary/aromatic N) is 1. The Hall–Kier alpha value is -2.24. The molecule has 1 heterocycles. The molecule has 0 saturated carbocycles. The van der Waals surface area contributed by atoms with Gasteiger partial charge in [-0.15, -0.1) is 5.06 Å². The van der Waals surface area contributed by atoms with Crippen LogP contribution in [-0.4, -0.2) is 22.8 Å². The third kappa shape index (κ3) is 2.71. The summed E-state index contributed by atoms with van der Waals surface area (Å²) in [5.41, 5.74) is 0.542. The minimum Gasteiger partial charge on any atom is -0.330 e. The highest BCUT2D eigenvalue weighted by Crippen LogP contribution is 2.13. The van der Waals surface area contributed by atoms with Crippen LogP contribution in [0.25, 0.3) is 0 Å². The molecule has 0 spiro atoms. The SMILES string of the molecule is O=C(Cc1ccc(F)cc1)ON1C(=O)CCC1=O. The summed E-state index contributed by atoms with van der Waals surface area (Å²) >= 11 is 0. The smallest absolute Gasteiger partial charge is 0.330 e. The van der Waals surface area contributed by atoms with E-state index in [-0.39, 0.29) is 19.3 Å². The molecule has 18 heavy (non-hydrogen) atoms. The van der Waals surface area contributed by atoms with E-state index in [4.69, 9.17) is 0 Å². The van der Waals surface area contributed by atoms with Crippen molar-refractivity contribution in [2.24, 2.45) is 0 Å². The molecule has 0 unspecified atom stereocenters. The van der Waals surface area contributed by atoms with Crippen LogP contribution >= 0.6 is 0 Å². The Morgan fingerprint density at radius 1 is 1.17 bits per heavy atom. The summed E-state index contributed by atoms with van der Waals surface area (Å²) in [5, 5.41) is 0.492. The van der Waals surface area contributed by atoms with Crippen LogP contribution < -0.4 is 0 Å². The number of hydrogen-bond acceptors (Lipinski definition) is 4. The zero-order valence-electron chi connectivity index (χ0n) is 9.39. The standard InChI is InChI=1S/C12H10FNO4/c13-9-3-1-8(2-4-9)7-12(17)18-14-10(15)5-6-11(14)16/h1-4H,5-7H2. The highest BCUT2D eigenvalue weighted by molar-refractivity contribution is 6.01. The number of hydrogen-bond donors (Lipinski definition) is 0. The predicted octanol–water partition coefficient (Wildman–Crippen LogP) is 0.975. The highest BCUT2D eigenvalue weighted by Gasteiger charge is 2.32. The summed E-state index contributed by atoms with van der Waals surface area (Å²) in [7, 11) is 0. The van der Waals surface area contributed by atoms with Gasteiger partial charge in [0.2, 0.25) is 0 Å². The van der Waals surface area contributed by atoms with Crippen molar-refractivity contribution in [3.63, 3.8) is 0 Å². The summed E-state index contributed by atoms with van der Waals surface area (Å²) in [4.78, 5) is 38.5. The number of hydroxylamine groups is 2. The van der Waals surface area contributed by atoms with Crippen molar-refractivity contribution in [1.29, 1.82) is 0 Å². The van der Waals surface area contributed by atoms with Crippen LogP contribution in [0.1, 0.15) is 18.4 Å². The van der Waals surface area contributed by atoms with E-state index in [2.05, 4.69) is 4.84 Å². The maximum Gasteiger partial charge on any atom is 0.337 e. The fraction of sp³-hybridized carbons (Fsp3) is 0.250. The van der Waals surface area contributed by atoms with Crippen LogP contribution in [0.5, 0.6) is 0 Å². The molecule has 0 aromatic heterocycles. The minimum atomic E-state index is -0.731. The first kappa shape index (κ1) is 12.2. The summed E-state index contributed by atoms with van der Waals surface area (Å²) in [6.45, 7) is 0. The topological polar surface area (TPSA) is 63.7 Å². The van der Waals surface area contributed by atoms with E-state index in [9.17, 15) is 18.8 Å². The summed E-state index contributed by atoms with van der Waals surface area (Å²) in [6.07, 6.45) is -0.0112. The van der Waals surface area contributed by atoms with Crippen molar-refractivity contribution in [1.82, 2.24) is 5.06 Å². The second-order valence-electron chi connectivity index (χ2n) is 3.85. The van der Waals surface area contributed by atoms with Gasteiger partial charge in [-0.3, -0.25) is 9.59 Å². The Kier molecular flexibility index (Phi) is 3.36. The maximum atomic E-state index is 12.6. The quantitative estimate of drug-likeness (QED) is 0.751. The van der Waals surface area contributed by atoms with Crippen molar-refractivity contribution in [3.05, 3.63) is 35.6 Å². The van der Waals surface area contributed by atoms with E-state index in [0.717, 1.165) is 0 Å². The molecule has 94 valence electrons. The molecule has 0 bridgehead atoms. The zero-order chi connectivity index (χ0) is 13.1. The normalized spacial score (nSPS) is 15.1. The minimum absolute atomic E-state index is 0.0582. The van der Waals surface area contributed by atoms with Gasteiger partial charge >= 0.3 is 5.97 Å². The zero-order valence-corrected chi connectivity index (χ0v) is 9.39. The number of rotatable bonds is 3. The monoisotopic (exact) mass is 251 g/mol. The molecule has 0 atom stereocenters. The van der Waals surface area contributed by atoms with Gasteiger partial charge in [-0.2, -0.15) is 0 Å². The molecule has 0 radical (unpaired) electrons. The molecular weight excluding hydrogens is 241 g/mol. The molecule has 2 rings (SSSR count). The Balaban J connectivity index is 1.94. The van der Waals surface area contributed by atoms with Crippen molar-refractivity contribution in [3.8, 4) is 0 Å². The van der Waals surface area contributed by atoms with Crippen LogP contribution in [0.3, 0.4) is 0 Å². The van der Waals surface area contributed by atoms with Crippen LogP contribution in [-0.2, 0) is 25.6 Å². The molecule has 0 aliphatic carbocycles. The highest BCUT2D eigenvalue weighted by atomic mass is 19.1. The molecule has 6 heteroatoms. The largest absolute Gasteiger partial charge is 0.337 e. The molecule has 1 saturated heterocycles. The summed E-state index contributed by atoms with van der Waals surface area (Å²) < 4.78 is 12.6. The average Bonchev–Trinajstić information content (AvgIpc) is 2.64. The molecule has 1 fully saturated rings. The van der Waals surface area contributed by atoms with Gasteiger partial charge in [0.1, 0.15) is 5.82 Å². The fourth-order valence-electron chi connectivity index (χ4n) is 1.56. The molecule has 5 nitrogen and oxygen atoms in total. The first-order valence-electron chi connectivity index (χ1n) is 5.37. The third-order valence-electron chi connectivity index (χ3n) is 2.46. The van der Waals surface area contributed by atoms with Gasteiger partial charge in [-0.05, 0) is 17.7 Å². The Labute approximate surface area is 102 Å².